The summed E-state index contributed by atoms with van der Waals surface area (Å²) in [5.74, 6) is -1.00. The molecule has 0 aliphatic carbocycles. The van der Waals surface area contributed by atoms with Gasteiger partial charge in [-0.15, -0.1) is 0 Å². The lowest BCUT2D eigenvalue weighted by atomic mass is 9.88. The Bertz CT molecular complexity index is 526. The average molecular weight is 285 g/mol. The molecular formula is C12H13ClN2O4. The predicted molar refractivity (Wildman–Crippen MR) is 69.4 cm³/mol. The molecule has 102 valence electrons. The van der Waals surface area contributed by atoms with E-state index < -0.39 is 16.4 Å². The largest absolute Gasteiger partial charge is 0.480 e. The Morgan fingerprint density at radius 1 is 1.58 bits per heavy atom. The summed E-state index contributed by atoms with van der Waals surface area (Å²) in [7, 11) is 0. The summed E-state index contributed by atoms with van der Waals surface area (Å²) in [5.41, 5.74) is -1.02. The fourth-order valence-electron chi connectivity index (χ4n) is 2.41. The first-order valence-corrected chi connectivity index (χ1v) is 6.24. The van der Waals surface area contributed by atoms with Crippen LogP contribution in [0, 0.1) is 10.1 Å². The maximum Gasteiger partial charge on any atom is 0.324 e. The van der Waals surface area contributed by atoms with Gasteiger partial charge in [0.2, 0.25) is 0 Å². The molecule has 1 heterocycles. The van der Waals surface area contributed by atoms with E-state index in [0.717, 1.165) is 6.42 Å². The third-order valence-corrected chi connectivity index (χ3v) is 3.78. The zero-order chi connectivity index (χ0) is 14.0. The number of benzene rings is 1. The van der Waals surface area contributed by atoms with Crippen molar-refractivity contribution in [1.29, 1.82) is 0 Å². The van der Waals surface area contributed by atoms with Gasteiger partial charge in [0.1, 0.15) is 5.54 Å². The number of halogens is 1. The molecule has 2 N–H and O–H groups in total. The number of nitrogens with one attached hydrogen (secondary N) is 1. The molecule has 1 aromatic carbocycles. The quantitative estimate of drug-likeness (QED) is 0.651. The molecule has 7 heteroatoms. The molecule has 1 aromatic rings. The van der Waals surface area contributed by atoms with E-state index in [9.17, 15) is 20.0 Å². The first-order valence-electron chi connectivity index (χ1n) is 5.86. The van der Waals surface area contributed by atoms with E-state index >= 15 is 0 Å². The van der Waals surface area contributed by atoms with Crippen LogP contribution in [0.1, 0.15) is 18.4 Å². The van der Waals surface area contributed by atoms with Crippen molar-refractivity contribution in [2.75, 3.05) is 6.54 Å². The van der Waals surface area contributed by atoms with Crippen LogP contribution in [0.2, 0.25) is 5.02 Å². The van der Waals surface area contributed by atoms with E-state index in [1.165, 1.54) is 18.2 Å². The molecule has 1 aliphatic rings. The minimum Gasteiger partial charge on any atom is -0.480 e. The standard InChI is InChI=1S/C12H13ClN2O4/c13-9-3-1-4-10(15(18)19)8(9)7-12(11(16)17)5-2-6-14-12/h1,3-4,14H,2,5-7H2,(H,16,17). The van der Waals surface area contributed by atoms with E-state index in [2.05, 4.69) is 5.32 Å². The van der Waals surface area contributed by atoms with E-state index in [1.54, 1.807) is 0 Å². The number of carboxylic acids is 1. The van der Waals surface area contributed by atoms with Gasteiger partial charge >= 0.3 is 5.97 Å². The summed E-state index contributed by atoms with van der Waals surface area (Å²) < 4.78 is 0. The first-order chi connectivity index (χ1) is 8.96. The van der Waals surface area contributed by atoms with Gasteiger partial charge in [0.15, 0.2) is 0 Å². The molecule has 1 atom stereocenters. The van der Waals surface area contributed by atoms with Gasteiger partial charge in [-0.3, -0.25) is 14.9 Å². The number of carbonyl (C=O) groups is 1. The highest BCUT2D eigenvalue weighted by Crippen LogP contribution is 2.33. The molecule has 1 aliphatic heterocycles. The van der Waals surface area contributed by atoms with Crippen LogP contribution in [-0.4, -0.2) is 28.1 Å². The number of hydrogen-bond acceptors (Lipinski definition) is 4. The Morgan fingerprint density at radius 3 is 2.84 bits per heavy atom. The zero-order valence-electron chi connectivity index (χ0n) is 10.1. The topological polar surface area (TPSA) is 92.5 Å². The van der Waals surface area contributed by atoms with Gasteiger partial charge in [0, 0.05) is 12.5 Å². The zero-order valence-corrected chi connectivity index (χ0v) is 10.8. The number of aliphatic carboxylic acids is 1. The van der Waals surface area contributed by atoms with Crippen LogP contribution in [0.5, 0.6) is 0 Å². The van der Waals surface area contributed by atoms with Gasteiger partial charge in [0.25, 0.3) is 5.69 Å². The van der Waals surface area contributed by atoms with Gasteiger partial charge in [-0.25, -0.2) is 0 Å². The summed E-state index contributed by atoms with van der Waals surface area (Å²) in [6, 6.07) is 4.36. The maximum atomic E-state index is 11.4. The van der Waals surface area contributed by atoms with E-state index in [1.807, 2.05) is 0 Å². The summed E-state index contributed by atoms with van der Waals surface area (Å²) >= 11 is 5.99. The Labute approximate surface area is 114 Å². The van der Waals surface area contributed by atoms with Crippen LogP contribution < -0.4 is 5.32 Å². The van der Waals surface area contributed by atoms with Gasteiger partial charge < -0.3 is 10.4 Å². The monoisotopic (exact) mass is 284 g/mol. The summed E-state index contributed by atoms with van der Waals surface area (Å²) in [6.07, 6.45) is 1.17. The van der Waals surface area contributed by atoms with Crippen molar-refractivity contribution in [2.45, 2.75) is 24.8 Å². The fraction of sp³-hybridized carbons (Fsp3) is 0.417. The Kier molecular flexibility index (Phi) is 3.73. The molecule has 0 saturated carbocycles. The fourth-order valence-corrected chi connectivity index (χ4v) is 2.65. The molecule has 2 rings (SSSR count). The molecule has 19 heavy (non-hydrogen) atoms. The highest BCUT2D eigenvalue weighted by Gasteiger charge is 2.43. The van der Waals surface area contributed by atoms with Crippen molar-refractivity contribution in [3.05, 3.63) is 38.9 Å². The number of carboxylic acid groups (broad SMARTS) is 1. The van der Waals surface area contributed by atoms with Crippen molar-refractivity contribution >= 4 is 23.3 Å². The van der Waals surface area contributed by atoms with Crippen molar-refractivity contribution in [3.8, 4) is 0 Å². The lowest BCUT2D eigenvalue weighted by molar-refractivity contribution is -0.385. The molecule has 6 nitrogen and oxygen atoms in total. The SMILES string of the molecule is O=C(O)C1(Cc2c(Cl)cccc2[N+](=O)[O-])CCCN1. The molecule has 1 fully saturated rings. The summed E-state index contributed by atoms with van der Waals surface area (Å²) in [5, 5.41) is 23.5. The van der Waals surface area contributed by atoms with Crippen LogP contribution in [0.25, 0.3) is 0 Å². The molecule has 0 amide bonds. The van der Waals surface area contributed by atoms with Crippen LogP contribution in [0.15, 0.2) is 18.2 Å². The molecule has 1 saturated heterocycles. The Morgan fingerprint density at radius 2 is 2.32 bits per heavy atom. The smallest absolute Gasteiger partial charge is 0.324 e. The van der Waals surface area contributed by atoms with Gasteiger partial charge in [-0.05, 0) is 25.5 Å². The lowest BCUT2D eigenvalue weighted by Gasteiger charge is -2.24. The van der Waals surface area contributed by atoms with Crippen molar-refractivity contribution < 1.29 is 14.8 Å². The van der Waals surface area contributed by atoms with Gasteiger partial charge in [-0.1, -0.05) is 17.7 Å². The highest BCUT2D eigenvalue weighted by molar-refractivity contribution is 6.31. The van der Waals surface area contributed by atoms with Crippen molar-refractivity contribution in [3.63, 3.8) is 0 Å². The van der Waals surface area contributed by atoms with E-state index in [-0.39, 0.29) is 22.7 Å². The lowest BCUT2D eigenvalue weighted by Crippen LogP contribution is -2.49. The number of nitro benzene ring substituents is 1. The number of nitro groups is 1. The van der Waals surface area contributed by atoms with Gasteiger partial charge in [-0.2, -0.15) is 0 Å². The van der Waals surface area contributed by atoms with E-state index in [4.69, 9.17) is 11.6 Å². The third kappa shape index (κ3) is 2.54. The van der Waals surface area contributed by atoms with Gasteiger partial charge in [0.05, 0.1) is 15.5 Å². The number of rotatable bonds is 4. The predicted octanol–water partition coefficient (Wildman–Crippen LogP) is 2.00. The van der Waals surface area contributed by atoms with Crippen LogP contribution in [0.4, 0.5) is 5.69 Å². The molecular weight excluding hydrogens is 272 g/mol. The minimum atomic E-state index is -1.16. The molecule has 0 aromatic heterocycles. The second kappa shape index (κ2) is 5.14. The molecule has 0 spiro atoms. The first kappa shape index (κ1) is 13.8. The third-order valence-electron chi connectivity index (χ3n) is 3.42. The van der Waals surface area contributed by atoms with Crippen LogP contribution in [-0.2, 0) is 11.2 Å². The normalized spacial score (nSPS) is 22.4. The Hall–Kier alpha value is -1.66. The number of nitrogens with zero attached hydrogens (tertiary/aromatic N) is 1. The highest BCUT2D eigenvalue weighted by atomic mass is 35.5. The molecule has 0 radical (unpaired) electrons. The summed E-state index contributed by atoms with van der Waals surface area (Å²) in [4.78, 5) is 21.9. The van der Waals surface area contributed by atoms with Crippen molar-refractivity contribution in [2.24, 2.45) is 0 Å². The average Bonchev–Trinajstić information content (AvgIpc) is 2.81. The van der Waals surface area contributed by atoms with Crippen LogP contribution in [0.3, 0.4) is 0 Å². The second-order valence-electron chi connectivity index (χ2n) is 4.59. The van der Waals surface area contributed by atoms with E-state index in [0.29, 0.717) is 13.0 Å². The van der Waals surface area contributed by atoms with Crippen molar-refractivity contribution in [1.82, 2.24) is 5.32 Å². The molecule has 0 bridgehead atoms. The summed E-state index contributed by atoms with van der Waals surface area (Å²) in [6.45, 7) is 0.588. The second-order valence-corrected chi connectivity index (χ2v) is 5.00. The van der Waals surface area contributed by atoms with Crippen LogP contribution >= 0.6 is 11.6 Å². The minimum absolute atomic E-state index is 0.0122. The Balaban J connectivity index is 2.42. The maximum absolute atomic E-state index is 11.4. The molecule has 1 unspecified atom stereocenters. The number of hydrogen-bond donors (Lipinski definition) is 2.